The van der Waals surface area contributed by atoms with Crippen LogP contribution in [0.25, 0.3) is 22.3 Å². The number of anilines is 1. The van der Waals surface area contributed by atoms with Gasteiger partial charge in [-0.1, -0.05) is 12.1 Å². The van der Waals surface area contributed by atoms with E-state index in [4.69, 9.17) is 0 Å². The molecule has 2 heterocycles. The number of nitrogens with one attached hydrogen (secondary N) is 1. The highest BCUT2D eigenvalue weighted by Crippen LogP contribution is 2.34. The van der Waals surface area contributed by atoms with Gasteiger partial charge in [-0.05, 0) is 48.3 Å². The van der Waals surface area contributed by atoms with Crippen LogP contribution in [0.3, 0.4) is 0 Å². The second-order valence-corrected chi connectivity index (χ2v) is 9.84. The van der Waals surface area contributed by atoms with Crippen LogP contribution < -0.4 is 5.32 Å². The minimum absolute atomic E-state index is 0.263. The normalized spacial score (nSPS) is 12.1. The summed E-state index contributed by atoms with van der Waals surface area (Å²) >= 11 is 5.01. The van der Waals surface area contributed by atoms with Crippen molar-refractivity contribution in [2.24, 2.45) is 0 Å². The molecule has 0 bridgehead atoms. The minimum atomic E-state index is -3.40. The Morgan fingerprint density at radius 1 is 1.20 bits per heavy atom. The number of hydrogen-bond donors (Lipinski definition) is 1. The monoisotopic (exact) mass is 439 g/mol. The van der Waals surface area contributed by atoms with E-state index < -0.39 is 9.84 Å². The quantitative estimate of drug-likeness (QED) is 0.639. The van der Waals surface area contributed by atoms with Gasteiger partial charge in [0.15, 0.2) is 15.0 Å². The van der Waals surface area contributed by atoms with Gasteiger partial charge in [0.1, 0.15) is 5.69 Å². The second kappa shape index (κ2) is 6.66. The van der Waals surface area contributed by atoms with E-state index in [0.717, 1.165) is 15.2 Å². The highest BCUT2D eigenvalue weighted by molar-refractivity contribution is 9.10. The molecule has 0 unspecified atom stereocenters. The molecule has 5 nitrogen and oxygen atoms in total. The summed E-state index contributed by atoms with van der Waals surface area (Å²) in [4.78, 5) is 9.48. The zero-order valence-electron chi connectivity index (χ0n) is 14.3. The van der Waals surface area contributed by atoms with Crippen molar-refractivity contribution in [3.05, 3.63) is 33.6 Å². The molecule has 0 saturated heterocycles. The predicted molar refractivity (Wildman–Crippen MR) is 107 cm³/mol. The molecule has 25 heavy (non-hydrogen) atoms. The van der Waals surface area contributed by atoms with Gasteiger partial charge in [-0.15, -0.1) is 11.3 Å². The van der Waals surface area contributed by atoms with Gasteiger partial charge in [0.25, 0.3) is 0 Å². The number of fused-ring (bicyclic) bond motifs is 1. The lowest BCUT2D eigenvalue weighted by Crippen LogP contribution is -2.09. The van der Waals surface area contributed by atoms with Gasteiger partial charge in [-0.2, -0.15) is 0 Å². The molecule has 3 aromatic rings. The number of hydrogen-bond acceptors (Lipinski definition) is 6. The molecule has 0 saturated carbocycles. The van der Waals surface area contributed by atoms with Crippen molar-refractivity contribution in [3.8, 4) is 11.4 Å². The number of halogens is 1. The number of thiazole rings is 1. The lowest BCUT2D eigenvalue weighted by molar-refractivity contribution is 0.602. The first-order chi connectivity index (χ1) is 11.7. The number of sulfone groups is 1. The number of aryl methyl sites for hydroxylation is 1. The highest BCUT2D eigenvalue weighted by Gasteiger charge is 2.19. The summed E-state index contributed by atoms with van der Waals surface area (Å²) < 4.78 is 25.4. The maximum atomic E-state index is 12.3. The van der Waals surface area contributed by atoms with Crippen molar-refractivity contribution in [1.82, 2.24) is 9.97 Å². The predicted octanol–water partition coefficient (Wildman–Crippen LogP) is 4.65. The van der Waals surface area contributed by atoms with Gasteiger partial charge >= 0.3 is 0 Å². The molecule has 0 fully saturated rings. The summed E-state index contributed by atoms with van der Waals surface area (Å²) in [7, 11) is -3.40. The van der Waals surface area contributed by atoms with Crippen LogP contribution >= 0.6 is 27.3 Å². The molecule has 0 spiro atoms. The first kappa shape index (κ1) is 18.3. The average molecular weight is 440 g/mol. The zero-order valence-corrected chi connectivity index (χ0v) is 17.5. The Bertz CT molecular complexity index is 1060. The van der Waals surface area contributed by atoms with Crippen LogP contribution in [-0.2, 0) is 9.84 Å². The summed E-state index contributed by atoms with van der Waals surface area (Å²) in [5.41, 5.74) is 2.84. The van der Waals surface area contributed by atoms with Gasteiger partial charge in [-0.25, -0.2) is 18.4 Å². The summed E-state index contributed by atoms with van der Waals surface area (Å²) in [5, 5.41) is 6.53. The zero-order chi connectivity index (χ0) is 18.4. The van der Waals surface area contributed by atoms with Gasteiger partial charge in [-0.3, -0.25) is 0 Å². The van der Waals surface area contributed by atoms with E-state index >= 15 is 0 Å². The van der Waals surface area contributed by atoms with Crippen LogP contribution in [0, 0.1) is 6.92 Å². The third-order valence-electron chi connectivity index (χ3n) is 3.65. The fourth-order valence-corrected chi connectivity index (χ4v) is 4.65. The topological polar surface area (TPSA) is 72.0 Å². The fourth-order valence-electron chi connectivity index (χ4n) is 2.47. The van der Waals surface area contributed by atoms with E-state index in [2.05, 4.69) is 31.2 Å². The van der Waals surface area contributed by atoms with E-state index in [9.17, 15) is 8.42 Å². The van der Waals surface area contributed by atoms with Gasteiger partial charge in [0.2, 0.25) is 0 Å². The standard InChI is InChI=1S/C17H18BrN3O2S2/c1-9(2)19-17-21-13(8-24-17)12-7-14(25(4,22)23)11-6-5-10(3)15(18)16(11)20-12/h5-9H,1-4H3,(H,19,21). The number of pyridine rings is 1. The molecule has 132 valence electrons. The van der Waals surface area contributed by atoms with Crippen molar-refractivity contribution >= 4 is 53.1 Å². The molecule has 0 atom stereocenters. The van der Waals surface area contributed by atoms with Crippen molar-refractivity contribution in [2.45, 2.75) is 31.7 Å². The number of aromatic nitrogens is 2. The van der Waals surface area contributed by atoms with Gasteiger partial charge in [0.05, 0.1) is 16.1 Å². The third-order valence-corrected chi connectivity index (χ3v) is 6.56. The lowest BCUT2D eigenvalue weighted by atomic mass is 10.1. The molecule has 0 amide bonds. The largest absolute Gasteiger partial charge is 0.359 e. The van der Waals surface area contributed by atoms with Crippen LogP contribution in [0.2, 0.25) is 0 Å². The van der Waals surface area contributed by atoms with Crippen LogP contribution in [0.1, 0.15) is 19.4 Å². The van der Waals surface area contributed by atoms with Crippen LogP contribution in [0.4, 0.5) is 5.13 Å². The maximum absolute atomic E-state index is 12.3. The Balaban J connectivity index is 2.26. The van der Waals surface area contributed by atoms with Crippen molar-refractivity contribution in [2.75, 3.05) is 11.6 Å². The molecule has 1 aromatic carbocycles. The molecule has 0 radical (unpaired) electrons. The Morgan fingerprint density at radius 2 is 1.92 bits per heavy atom. The molecule has 3 rings (SSSR count). The molecule has 8 heteroatoms. The fraction of sp³-hybridized carbons (Fsp3) is 0.294. The van der Waals surface area contributed by atoms with Gasteiger partial charge in [0, 0.05) is 27.5 Å². The summed E-state index contributed by atoms with van der Waals surface area (Å²) in [6, 6.07) is 5.56. The molecule has 0 aliphatic carbocycles. The second-order valence-electron chi connectivity index (χ2n) is 6.21. The lowest BCUT2D eigenvalue weighted by Gasteiger charge is -2.10. The summed E-state index contributed by atoms with van der Waals surface area (Å²) in [5.74, 6) is 0. The van der Waals surface area contributed by atoms with E-state index in [-0.39, 0.29) is 10.9 Å². The Morgan fingerprint density at radius 3 is 2.56 bits per heavy atom. The summed E-state index contributed by atoms with van der Waals surface area (Å²) in [6.45, 7) is 6.03. The molecular formula is C17H18BrN3O2S2. The molecule has 2 aromatic heterocycles. The first-order valence-corrected chi connectivity index (χ1v) is 11.3. The Labute approximate surface area is 159 Å². The number of benzene rings is 1. The minimum Gasteiger partial charge on any atom is -0.359 e. The summed E-state index contributed by atoms with van der Waals surface area (Å²) in [6.07, 6.45) is 1.21. The Kier molecular flexibility index (Phi) is 4.87. The highest BCUT2D eigenvalue weighted by atomic mass is 79.9. The Hall–Kier alpha value is -1.51. The van der Waals surface area contributed by atoms with Crippen LogP contribution in [0.15, 0.2) is 32.9 Å². The number of nitrogens with zero attached hydrogens (tertiary/aromatic N) is 2. The van der Waals surface area contributed by atoms with E-state index in [1.54, 1.807) is 12.1 Å². The van der Waals surface area contributed by atoms with Crippen molar-refractivity contribution in [1.29, 1.82) is 0 Å². The smallest absolute Gasteiger partial charge is 0.183 e. The van der Waals surface area contributed by atoms with Crippen LogP contribution in [0.5, 0.6) is 0 Å². The van der Waals surface area contributed by atoms with Crippen molar-refractivity contribution in [3.63, 3.8) is 0 Å². The molecule has 0 aliphatic rings. The van der Waals surface area contributed by atoms with E-state index in [0.29, 0.717) is 22.3 Å². The van der Waals surface area contributed by atoms with Gasteiger partial charge < -0.3 is 5.32 Å². The van der Waals surface area contributed by atoms with Crippen LogP contribution in [-0.4, -0.2) is 30.7 Å². The maximum Gasteiger partial charge on any atom is 0.183 e. The molecule has 1 N–H and O–H groups in total. The van der Waals surface area contributed by atoms with E-state index in [1.165, 1.54) is 17.6 Å². The molecular weight excluding hydrogens is 422 g/mol. The molecule has 0 aliphatic heterocycles. The van der Waals surface area contributed by atoms with E-state index in [1.807, 2.05) is 32.2 Å². The third kappa shape index (κ3) is 3.70. The average Bonchev–Trinajstić information content (AvgIpc) is 2.97. The SMILES string of the molecule is Cc1ccc2c(S(C)(=O)=O)cc(-c3csc(NC(C)C)n3)nc2c1Br. The number of rotatable bonds is 4. The van der Waals surface area contributed by atoms with Crippen molar-refractivity contribution < 1.29 is 8.42 Å². The first-order valence-electron chi connectivity index (χ1n) is 7.69.